The SMILES string of the molecule is CCOc1ccc(CN2CCN(Cc3c[nH]c4ccccc34)CC2)cc1.O=C(O)C(=O)O. The maximum atomic E-state index is 9.10. The maximum absolute atomic E-state index is 9.10. The summed E-state index contributed by atoms with van der Waals surface area (Å²) in [7, 11) is 0. The molecule has 4 rings (SSSR count). The zero-order valence-electron chi connectivity index (χ0n) is 18.2. The molecule has 0 aliphatic carbocycles. The fourth-order valence-electron chi connectivity index (χ4n) is 3.72. The molecule has 3 N–H and O–H groups in total. The van der Waals surface area contributed by atoms with Crippen LogP contribution in [0.15, 0.2) is 54.7 Å². The molecular formula is C24H29N3O5. The highest BCUT2D eigenvalue weighted by molar-refractivity contribution is 6.27. The number of para-hydroxylation sites is 1. The van der Waals surface area contributed by atoms with Crippen LogP contribution >= 0.6 is 0 Å². The van der Waals surface area contributed by atoms with Gasteiger partial charge in [-0.1, -0.05) is 30.3 Å². The Bertz CT molecular complexity index is 1010. The first kappa shape index (κ1) is 23.3. The van der Waals surface area contributed by atoms with Gasteiger partial charge in [0, 0.05) is 56.4 Å². The van der Waals surface area contributed by atoms with Gasteiger partial charge in [-0.2, -0.15) is 0 Å². The molecule has 1 aliphatic heterocycles. The number of piperazine rings is 1. The van der Waals surface area contributed by atoms with Gasteiger partial charge in [-0.05, 0) is 36.2 Å². The number of benzene rings is 2. The lowest BCUT2D eigenvalue weighted by Gasteiger charge is -2.34. The van der Waals surface area contributed by atoms with Crippen molar-refractivity contribution in [1.29, 1.82) is 0 Å². The highest BCUT2D eigenvalue weighted by Gasteiger charge is 2.18. The second-order valence-corrected chi connectivity index (χ2v) is 7.60. The van der Waals surface area contributed by atoms with Crippen molar-refractivity contribution in [3.63, 3.8) is 0 Å². The van der Waals surface area contributed by atoms with Crippen molar-refractivity contribution in [1.82, 2.24) is 14.8 Å². The summed E-state index contributed by atoms with van der Waals surface area (Å²) in [6, 6.07) is 17.1. The monoisotopic (exact) mass is 439 g/mol. The van der Waals surface area contributed by atoms with Crippen LogP contribution in [0.3, 0.4) is 0 Å². The third-order valence-electron chi connectivity index (χ3n) is 5.36. The summed E-state index contributed by atoms with van der Waals surface area (Å²) in [5.74, 6) is -2.69. The van der Waals surface area contributed by atoms with E-state index in [0.29, 0.717) is 0 Å². The molecule has 32 heavy (non-hydrogen) atoms. The van der Waals surface area contributed by atoms with Gasteiger partial charge in [-0.3, -0.25) is 9.80 Å². The fourth-order valence-corrected chi connectivity index (χ4v) is 3.72. The number of hydrogen-bond donors (Lipinski definition) is 3. The average molecular weight is 440 g/mol. The van der Waals surface area contributed by atoms with Gasteiger partial charge in [0.2, 0.25) is 0 Å². The van der Waals surface area contributed by atoms with Gasteiger partial charge in [0.15, 0.2) is 0 Å². The topological polar surface area (TPSA) is 106 Å². The number of nitrogens with one attached hydrogen (secondary N) is 1. The Kier molecular flexibility index (Phi) is 8.24. The highest BCUT2D eigenvalue weighted by Crippen LogP contribution is 2.20. The smallest absolute Gasteiger partial charge is 0.414 e. The minimum absolute atomic E-state index is 0.720. The number of aromatic amines is 1. The summed E-state index contributed by atoms with van der Waals surface area (Å²) >= 11 is 0. The highest BCUT2D eigenvalue weighted by atomic mass is 16.5. The molecule has 1 aliphatic rings. The minimum Gasteiger partial charge on any atom is -0.494 e. The zero-order chi connectivity index (χ0) is 22.9. The van der Waals surface area contributed by atoms with E-state index in [1.807, 2.05) is 6.92 Å². The second-order valence-electron chi connectivity index (χ2n) is 7.60. The number of aromatic nitrogens is 1. The molecule has 3 aromatic rings. The summed E-state index contributed by atoms with van der Waals surface area (Å²) in [5.41, 5.74) is 4.00. The van der Waals surface area contributed by atoms with Gasteiger partial charge in [0.05, 0.1) is 6.61 Å². The molecule has 0 saturated carbocycles. The van der Waals surface area contributed by atoms with E-state index >= 15 is 0 Å². The van der Waals surface area contributed by atoms with E-state index in [1.165, 1.54) is 22.0 Å². The van der Waals surface area contributed by atoms with Crippen molar-refractivity contribution in [3.05, 3.63) is 65.9 Å². The van der Waals surface area contributed by atoms with Crippen LogP contribution < -0.4 is 4.74 Å². The number of H-pyrrole nitrogens is 1. The van der Waals surface area contributed by atoms with Crippen molar-refractivity contribution in [3.8, 4) is 5.75 Å². The molecule has 8 nitrogen and oxygen atoms in total. The van der Waals surface area contributed by atoms with Crippen molar-refractivity contribution in [2.45, 2.75) is 20.0 Å². The summed E-state index contributed by atoms with van der Waals surface area (Å²) in [5, 5.41) is 16.1. The van der Waals surface area contributed by atoms with Crippen LogP contribution in [-0.2, 0) is 22.7 Å². The Hall–Kier alpha value is -3.36. The van der Waals surface area contributed by atoms with Crippen molar-refractivity contribution >= 4 is 22.8 Å². The Morgan fingerprint density at radius 1 is 0.906 bits per heavy atom. The minimum atomic E-state index is -1.82. The van der Waals surface area contributed by atoms with Crippen molar-refractivity contribution in [2.24, 2.45) is 0 Å². The number of carboxylic acids is 2. The normalized spacial score (nSPS) is 14.5. The lowest BCUT2D eigenvalue weighted by atomic mass is 10.1. The van der Waals surface area contributed by atoms with Crippen LogP contribution in [0.4, 0.5) is 0 Å². The van der Waals surface area contributed by atoms with Gasteiger partial charge in [-0.15, -0.1) is 0 Å². The Labute approximate surface area is 187 Å². The van der Waals surface area contributed by atoms with E-state index in [2.05, 4.69) is 69.5 Å². The van der Waals surface area contributed by atoms with Crippen LogP contribution in [0, 0.1) is 0 Å². The van der Waals surface area contributed by atoms with Crippen molar-refractivity contribution < 1.29 is 24.5 Å². The molecule has 2 aromatic carbocycles. The summed E-state index contributed by atoms with van der Waals surface area (Å²) in [6.45, 7) is 9.27. The van der Waals surface area contributed by atoms with Gasteiger partial charge < -0.3 is 19.9 Å². The van der Waals surface area contributed by atoms with Gasteiger partial charge in [-0.25, -0.2) is 9.59 Å². The van der Waals surface area contributed by atoms with Crippen molar-refractivity contribution in [2.75, 3.05) is 32.8 Å². The van der Waals surface area contributed by atoms with E-state index in [0.717, 1.165) is 51.6 Å². The molecule has 0 bridgehead atoms. The molecule has 0 spiro atoms. The van der Waals surface area contributed by atoms with Crippen LogP contribution in [0.2, 0.25) is 0 Å². The number of rotatable bonds is 6. The number of carbonyl (C=O) groups is 2. The molecule has 170 valence electrons. The Morgan fingerprint density at radius 3 is 2.09 bits per heavy atom. The number of carboxylic acid groups (broad SMARTS) is 2. The predicted octanol–water partition coefficient (Wildman–Crippen LogP) is 3.04. The molecule has 2 heterocycles. The summed E-state index contributed by atoms with van der Waals surface area (Å²) < 4.78 is 5.52. The molecule has 0 unspecified atom stereocenters. The lowest BCUT2D eigenvalue weighted by molar-refractivity contribution is -0.159. The Balaban J connectivity index is 0.000000427. The number of nitrogens with zero attached hydrogens (tertiary/aromatic N) is 2. The molecular weight excluding hydrogens is 410 g/mol. The van der Waals surface area contributed by atoms with E-state index < -0.39 is 11.9 Å². The van der Waals surface area contributed by atoms with Crippen LogP contribution in [0.25, 0.3) is 10.9 Å². The van der Waals surface area contributed by atoms with E-state index in [9.17, 15) is 0 Å². The number of aliphatic carboxylic acids is 2. The molecule has 0 radical (unpaired) electrons. The van der Waals surface area contributed by atoms with E-state index in [-0.39, 0.29) is 0 Å². The molecule has 1 fully saturated rings. The second kappa shape index (κ2) is 11.3. The summed E-state index contributed by atoms with van der Waals surface area (Å²) in [4.78, 5) is 26.7. The maximum Gasteiger partial charge on any atom is 0.414 e. The van der Waals surface area contributed by atoms with Gasteiger partial charge in [0.25, 0.3) is 0 Å². The first-order chi connectivity index (χ1) is 15.5. The first-order valence-corrected chi connectivity index (χ1v) is 10.6. The third kappa shape index (κ3) is 6.57. The molecule has 0 amide bonds. The quantitative estimate of drug-likeness (QED) is 0.507. The fraction of sp³-hybridized carbons (Fsp3) is 0.333. The van der Waals surface area contributed by atoms with Gasteiger partial charge >= 0.3 is 11.9 Å². The molecule has 1 saturated heterocycles. The van der Waals surface area contributed by atoms with Crippen LogP contribution in [0.1, 0.15) is 18.1 Å². The average Bonchev–Trinajstić information content (AvgIpc) is 3.20. The zero-order valence-corrected chi connectivity index (χ0v) is 18.2. The van der Waals surface area contributed by atoms with Crippen LogP contribution in [-0.4, -0.2) is 69.7 Å². The number of ether oxygens (including phenoxy) is 1. The third-order valence-corrected chi connectivity index (χ3v) is 5.36. The summed E-state index contributed by atoms with van der Waals surface area (Å²) in [6.07, 6.45) is 2.16. The molecule has 1 aromatic heterocycles. The standard InChI is InChI=1S/C22H27N3O.C2H2O4/c1-2-26-20-9-7-18(8-10-20)16-24-11-13-25(14-12-24)17-19-15-23-22-6-4-3-5-21(19)22;3-1(4)2(5)6/h3-10,15,23H,2,11-14,16-17H2,1H3;(H,3,4)(H,5,6). The largest absolute Gasteiger partial charge is 0.494 e. The lowest BCUT2D eigenvalue weighted by Crippen LogP contribution is -2.45. The van der Waals surface area contributed by atoms with Crippen LogP contribution in [0.5, 0.6) is 5.75 Å². The predicted molar refractivity (Wildman–Crippen MR) is 122 cm³/mol. The molecule has 8 heteroatoms. The Morgan fingerprint density at radius 2 is 1.50 bits per heavy atom. The number of hydrogen-bond acceptors (Lipinski definition) is 5. The van der Waals surface area contributed by atoms with E-state index in [1.54, 1.807) is 0 Å². The number of fused-ring (bicyclic) bond motifs is 1. The van der Waals surface area contributed by atoms with E-state index in [4.69, 9.17) is 24.5 Å². The first-order valence-electron chi connectivity index (χ1n) is 10.6. The molecule has 0 atom stereocenters. The van der Waals surface area contributed by atoms with Gasteiger partial charge in [0.1, 0.15) is 5.75 Å².